The third-order valence-electron chi connectivity index (χ3n) is 4.34. The molecule has 0 aromatic heterocycles. The Morgan fingerprint density at radius 2 is 1.72 bits per heavy atom. The van der Waals surface area contributed by atoms with Crippen molar-refractivity contribution in [1.82, 2.24) is 4.90 Å². The number of ether oxygens (including phenoxy) is 1. The zero-order valence-corrected chi connectivity index (χ0v) is 10.1. The molecule has 1 saturated carbocycles. The maximum atomic E-state index is 12.5. The molecule has 0 aromatic rings. The first-order valence-electron chi connectivity index (χ1n) is 6.44. The van der Waals surface area contributed by atoms with Gasteiger partial charge in [-0.25, -0.2) is 0 Å². The van der Waals surface area contributed by atoms with Crippen LogP contribution in [0.4, 0.5) is 0 Å². The highest BCUT2D eigenvalue weighted by atomic mass is 16.5. The van der Waals surface area contributed by atoms with Gasteiger partial charge in [0, 0.05) is 25.0 Å². The molecule has 1 amide bonds. The van der Waals surface area contributed by atoms with Crippen molar-refractivity contribution in [2.75, 3.05) is 26.3 Å². The van der Waals surface area contributed by atoms with E-state index in [9.17, 15) is 14.7 Å². The van der Waals surface area contributed by atoms with Crippen molar-refractivity contribution in [3.63, 3.8) is 0 Å². The fraction of sp³-hybridized carbons (Fsp3) is 0.692. The van der Waals surface area contributed by atoms with Crippen LogP contribution in [0.5, 0.6) is 0 Å². The van der Waals surface area contributed by atoms with Crippen LogP contribution in [0.2, 0.25) is 0 Å². The van der Waals surface area contributed by atoms with Gasteiger partial charge in [0.1, 0.15) is 0 Å². The maximum Gasteiger partial charge on any atom is 0.227 e. The van der Waals surface area contributed by atoms with E-state index in [4.69, 9.17) is 4.74 Å². The molecule has 4 atom stereocenters. The van der Waals surface area contributed by atoms with E-state index in [2.05, 4.69) is 0 Å². The summed E-state index contributed by atoms with van der Waals surface area (Å²) in [4.78, 5) is 25.4. The van der Waals surface area contributed by atoms with Gasteiger partial charge in [0.05, 0.1) is 19.1 Å². The summed E-state index contributed by atoms with van der Waals surface area (Å²) in [6.45, 7) is 2.21. The van der Waals surface area contributed by atoms with Crippen LogP contribution in [0.25, 0.3) is 0 Å². The maximum absolute atomic E-state index is 12.5. The highest BCUT2D eigenvalue weighted by molar-refractivity contribution is 5.86. The Balaban J connectivity index is 1.79. The van der Waals surface area contributed by atoms with Gasteiger partial charge >= 0.3 is 0 Å². The van der Waals surface area contributed by atoms with Crippen LogP contribution in [0.3, 0.4) is 0 Å². The third-order valence-corrected chi connectivity index (χ3v) is 4.34. The van der Waals surface area contributed by atoms with Crippen LogP contribution in [0.1, 0.15) is 6.42 Å². The molecule has 18 heavy (non-hydrogen) atoms. The van der Waals surface area contributed by atoms with E-state index in [1.54, 1.807) is 4.90 Å². The van der Waals surface area contributed by atoms with Gasteiger partial charge in [0.25, 0.3) is 0 Å². The number of amides is 1. The van der Waals surface area contributed by atoms with Crippen LogP contribution in [-0.2, 0) is 14.3 Å². The molecule has 2 bridgehead atoms. The first kappa shape index (κ1) is 11.7. The molecule has 0 aromatic carbocycles. The average Bonchev–Trinajstić information content (AvgIpc) is 2.99. The van der Waals surface area contributed by atoms with Crippen LogP contribution in [-0.4, -0.2) is 43.1 Å². The van der Waals surface area contributed by atoms with Crippen molar-refractivity contribution >= 4 is 11.9 Å². The fourth-order valence-corrected chi connectivity index (χ4v) is 3.47. The van der Waals surface area contributed by atoms with Crippen molar-refractivity contribution in [1.29, 1.82) is 0 Å². The van der Waals surface area contributed by atoms with E-state index in [1.807, 2.05) is 12.2 Å². The highest BCUT2D eigenvalue weighted by Crippen LogP contribution is 2.48. The van der Waals surface area contributed by atoms with E-state index >= 15 is 0 Å². The van der Waals surface area contributed by atoms with Crippen LogP contribution < -0.4 is 5.11 Å². The lowest BCUT2D eigenvalue weighted by Crippen LogP contribution is -2.49. The Labute approximate surface area is 105 Å². The summed E-state index contributed by atoms with van der Waals surface area (Å²) < 4.78 is 5.21. The zero-order valence-electron chi connectivity index (χ0n) is 10.1. The molecule has 98 valence electrons. The molecule has 2 fully saturated rings. The number of aliphatic carboxylic acids is 1. The van der Waals surface area contributed by atoms with Crippen LogP contribution >= 0.6 is 0 Å². The van der Waals surface area contributed by atoms with Crippen molar-refractivity contribution in [2.24, 2.45) is 23.7 Å². The lowest BCUT2D eigenvalue weighted by molar-refractivity contribution is -0.313. The summed E-state index contributed by atoms with van der Waals surface area (Å²) >= 11 is 0. The van der Waals surface area contributed by atoms with E-state index in [0.717, 1.165) is 6.42 Å². The molecule has 1 saturated heterocycles. The Morgan fingerprint density at radius 1 is 1.11 bits per heavy atom. The van der Waals surface area contributed by atoms with Gasteiger partial charge in [0.2, 0.25) is 5.91 Å². The van der Waals surface area contributed by atoms with Gasteiger partial charge in [-0.15, -0.1) is 0 Å². The van der Waals surface area contributed by atoms with Crippen molar-refractivity contribution in [3.05, 3.63) is 12.2 Å². The van der Waals surface area contributed by atoms with E-state index < -0.39 is 17.8 Å². The Kier molecular flexibility index (Phi) is 2.86. The standard InChI is InChI=1S/C13H17NO4/c15-12(14-3-5-18-6-4-14)10-8-1-2-9(7-8)11(10)13(16)17/h1-2,8-11H,3-7H2,(H,16,17)/p-1/t8-,9+,10+,11+/m0/s1. The van der Waals surface area contributed by atoms with Crippen molar-refractivity contribution in [3.8, 4) is 0 Å². The topological polar surface area (TPSA) is 69.7 Å². The summed E-state index contributed by atoms with van der Waals surface area (Å²) in [5.74, 6) is -2.13. The summed E-state index contributed by atoms with van der Waals surface area (Å²) in [5, 5.41) is 11.2. The number of nitrogens with zero attached hydrogens (tertiary/aromatic N) is 1. The zero-order chi connectivity index (χ0) is 12.7. The number of hydrogen-bond acceptors (Lipinski definition) is 4. The summed E-state index contributed by atoms with van der Waals surface area (Å²) in [7, 11) is 0. The second-order valence-electron chi connectivity index (χ2n) is 5.26. The average molecular weight is 250 g/mol. The molecule has 0 radical (unpaired) electrons. The summed E-state index contributed by atoms with van der Waals surface area (Å²) in [5.41, 5.74) is 0. The molecule has 0 N–H and O–H groups in total. The second-order valence-corrected chi connectivity index (χ2v) is 5.26. The first-order valence-corrected chi connectivity index (χ1v) is 6.44. The molecule has 5 heteroatoms. The quantitative estimate of drug-likeness (QED) is 0.591. The number of carbonyl (C=O) groups excluding carboxylic acids is 2. The predicted octanol–water partition coefficient (Wildman–Crippen LogP) is -0.967. The van der Waals surface area contributed by atoms with Crippen molar-refractivity contribution in [2.45, 2.75) is 6.42 Å². The van der Waals surface area contributed by atoms with E-state index in [0.29, 0.717) is 26.3 Å². The van der Waals surface area contributed by atoms with Gasteiger partial charge in [-0.05, 0) is 18.3 Å². The number of carboxylic acid groups (broad SMARTS) is 1. The number of hydrogen-bond donors (Lipinski definition) is 0. The summed E-state index contributed by atoms with van der Waals surface area (Å²) in [6, 6.07) is 0. The van der Waals surface area contributed by atoms with Gasteiger partial charge in [-0.2, -0.15) is 0 Å². The fourth-order valence-electron chi connectivity index (χ4n) is 3.47. The molecule has 5 nitrogen and oxygen atoms in total. The molecule has 3 aliphatic rings. The predicted molar refractivity (Wildman–Crippen MR) is 60.1 cm³/mol. The first-order chi connectivity index (χ1) is 8.68. The van der Waals surface area contributed by atoms with Gasteiger partial charge in [-0.3, -0.25) is 4.79 Å². The number of morpholine rings is 1. The highest BCUT2D eigenvalue weighted by Gasteiger charge is 2.49. The van der Waals surface area contributed by atoms with Crippen LogP contribution in [0, 0.1) is 23.7 Å². The van der Waals surface area contributed by atoms with E-state index in [-0.39, 0.29) is 17.7 Å². The summed E-state index contributed by atoms with van der Waals surface area (Å²) in [6.07, 6.45) is 4.70. The number of allylic oxidation sites excluding steroid dienone is 2. The molecule has 2 aliphatic carbocycles. The minimum absolute atomic E-state index is 0.0185. The van der Waals surface area contributed by atoms with Gasteiger partial charge in [-0.1, -0.05) is 12.2 Å². The van der Waals surface area contributed by atoms with Crippen LogP contribution in [0.15, 0.2) is 12.2 Å². The molecule has 3 rings (SSSR count). The molecular weight excluding hydrogens is 234 g/mol. The molecular formula is C13H16NO4-. The minimum atomic E-state index is -1.08. The normalized spacial score (nSPS) is 38.1. The molecule has 1 aliphatic heterocycles. The second kappa shape index (κ2) is 4.39. The van der Waals surface area contributed by atoms with Crippen molar-refractivity contribution < 1.29 is 19.4 Å². The Bertz CT molecular complexity index is 400. The molecule has 0 spiro atoms. The minimum Gasteiger partial charge on any atom is -0.550 e. The van der Waals surface area contributed by atoms with Gasteiger partial charge < -0.3 is 19.5 Å². The number of carbonyl (C=O) groups is 2. The monoisotopic (exact) mass is 250 g/mol. The lowest BCUT2D eigenvalue weighted by atomic mass is 9.82. The number of fused-ring (bicyclic) bond motifs is 2. The smallest absolute Gasteiger partial charge is 0.227 e. The Morgan fingerprint density at radius 3 is 2.33 bits per heavy atom. The Hall–Kier alpha value is -1.36. The molecule has 0 unspecified atom stereocenters. The third kappa shape index (κ3) is 1.73. The largest absolute Gasteiger partial charge is 0.550 e. The SMILES string of the molecule is O=C([O-])[C@H]1[C@H](C(=O)N2CCOCC2)[C@H]2C=C[C@@H]1C2. The number of rotatable bonds is 2. The van der Waals surface area contributed by atoms with Gasteiger partial charge in [0.15, 0.2) is 0 Å². The van der Waals surface area contributed by atoms with E-state index in [1.165, 1.54) is 0 Å². The number of carboxylic acids is 1. The molecule has 1 heterocycles. The lowest BCUT2D eigenvalue weighted by Gasteiger charge is -2.34.